The highest BCUT2D eigenvalue weighted by molar-refractivity contribution is 7.89. The van der Waals surface area contributed by atoms with Gasteiger partial charge >= 0.3 is 6.43 Å². The SMILES string of the molecule is CCS(=O)(=O)NCc1ccc(-c2ccc([C@H]3OC(C)(C)N(C(=O)C(F)F)[C@@H]3CF)cc2)cn1. The first-order valence-electron chi connectivity index (χ1n) is 10.4. The Bertz CT molecular complexity index is 1080. The Labute approximate surface area is 191 Å². The van der Waals surface area contributed by atoms with Crippen molar-refractivity contribution in [2.45, 2.75) is 51.6 Å². The summed E-state index contributed by atoms with van der Waals surface area (Å²) in [5.41, 5.74) is 1.29. The molecule has 1 N–H and O–H groups in total. The highest BCUT2D eigenvalue weighted by atomic mass is 32.2. The summed E-state index contributed by atoms with van der Waals surface area (Å²) in [6, 6.07) is 9.23. The molecule has 1 aromatic heterocycles. The number of nitrogens with one attached hydrogen (secondary N) is 1. The molecule has 0 aliphatic carbocycles. The lowest BCUT2D eigenvalue weighted by atomic mass is 9.99. The lowest BCUT2D eigenvalue weighted by molar-refractivity contribution is -0.159. The number of rotatable bonds is 8. The van der Waals surface area contributed by atoms with Gasteiger partial charge in [0.25, 0.3) is 5.91 Å². The van der Waals surface area contributed by atoms with Crippen LogP contribution in [-0.2, 0) is 26.1 Å². The van der Waals surface area contributed by atoms with Gasteiger partial charge in [-0.2, -0.15) is 8.78 Å². The van der Waals surface area contributed by atoms with E-state index in [1.165, 1.54) is 13.8 Å². The minimum atomic E-state index is -3.32. The first-order valence-corrected chi connectivity index (χ1v) is 12.0. The van der Waals surface area contributed by atoms with E-state index in [0.29, 0.717) is 11.3 Å². The van der Waals surface area contributed by atoms with Crippen molar-refractivity contribution >= 4 is 15.9 Å². The van der Waals surface area contributed by atoms with Crippen LogP contribution in [0.5, 0.6) is 0 Å². The lowest BCUT2D eigenvalue weighted by Crippen LogP contribution is -2.51. The number of benzene rings is 1. The largest absolute Gasteiger partial charge is 0.346 e. The van der Waals surface area contributed by atoms with Crippen LogP contribution in [-0.4, -0.2) is 54.8 Å². The summed E-state index contributed by atoms with van der Waals surface area (Å²) in [6.45, 7) is 3.52. The second kappa shape index (κ2) is 9.78. The summed E-state index contributed by atoms with van der Waals surface area (Å²) in [5.74, 6) is -1.48. The second-order valence-corrected chi connectivity index (χ2v) is 10.2. The van der Waals surface area contributed by atoms with Crippen molar-refractivity contribution in [3.05, 3.63) is 53.9 Å². The third kappa shape index (κ3) is 5.53. The summed E-state index contributed by atoms with van der Waals surface area (Å²) in [6.07, 6.45) is -2.54. The van der Waals surface area contributed by atoms with Crippen LogP contribution in [0.15, 0.2) is 42.6 Å². The van der Waals surface area contributed by atoms with Gasteiger partial charge in [-0.15, -0.1) is 0 Å². The third-order valence-electron chi connectivity index (χ3n) is 5.51. The number of aromatic nitrogens is 1. The monoisotopic (exact) mass is 485 g/mol. The Morgan fingerprint density at radius 2 is 1.82 bits per heavy atom. The highest BCUT2D eigenvalue weighted by Gasteiger charge is 2.52. The van der Waals surface area contributed by atoms with E-state index in [4.69, 9.17) is 4.74 Å². The smallest absolute Gasteiger partial charge is 0.315 e. The first kappa shape index (κ1) is 25.1. The van der Waals surface area contributed by atoms with Gasteiger partial charge in [-0.25, -0.2) is 17.5 Å². The van der Waals surface area contributed by atoms with Crippen molar-refractivity contribution in [3.8, 4) is 11.1 Å². The van der Waals surface area contributed by atoms with E-state index >= 15 is 0 Å². The van der Waals surface area contributed by atoms with E-state index in [-0.39, 0.29) is 12.3 Å². The number of carbonyl (C=O) groups is 1. The Morgan fingerprint density at radius 3 is 2.33 bits per heavy atom. The maximum atomic E-state index is 13.8. The van der Waals surface area contributed by atoms with Gasteiger partial charge < -0.3 is 9.64 Å². The first-order chi connectivity index (χ1) is 15.5. The van der Waals surface area contributed by atoms with Gasteiger partial charge in [0.2, 0.25) is 10.0 Å². The number of carbonyl (C=O) groups excluding carboxylic acids is 1. The number of amides is 1. The Hall–Kier alpha value is -2.50. The van der Waals surface area contributed by atoms with E-state index in [0.717, 1.165) is 16.0 Å². The van der Waals surface area contributed by atoms with E-state index in [2.05, 4.69) is 9.71 Å². The Balaban J connectivity index is 1.76. The van der Waals surface area contributed by atoms with Gasteiger partial charge in [0.15, 0.2) is 0 Å². The summed E-state index contributed by atoms with van der Waals surface area (Å²) in [5, 5.41) is 0. The molecule has 0 radical (unpaired) electrons. The predicted molar refractivity (Wildman–Crippen MR) is 116 cm³/mol. The van der Waals surface area contributed by atoms with E-state index < -0.39 is 46.9 Å². The molecular weight excluding hydrogens is 459 g/mol. The number of nitrogens with zero attached hydrogens (tertiary/aromatic N) is 2. The van der Waals surface area contributed by atoms with Crippen LogP contribution >= 0.6 is 0 Å². The molecule has 0 spiro atoms. The van der Waals surface area contributed by atoms with Crippen LogP contribution in [0, 0.1) is 0 Å². The molecule has 1 aromatic carbocycles. The van der Waals surface area contributed by atoms with Gasteiger partial charge in [-0.1, -0.05) is 30.3 Å². The average molecular weight is 486 g/mol. The maximum absolute atomic E-state index is 13.8. The van der Waals surface area contributed by atoms with Crippen molar-refractivity contribution in [2.75, 3.05) is 12.4 Å². The van der Waals surface area contributed by atoms with Crippen LogP contribution in [0.2, 0.25) is 0 Å². The van der Waals surface area contributed by atoms with Crippen LogP contribution in [0.4, 0.5) is 13.2 Å². The summed E-state index contributed by atoms with van der Waals surface area (Å²) < 4.78 is 71.3. The number of alkyl halides is 3. The molecule has 1 saturated heterocycles. The molecule has 1 fully saturated rings. The lowest BCUT2D eigenvalue weighted by Gasteiger charge is -2.32. The molecule has 33 heavy (non-hydrogen) atoms. The quantitative estimate of drug-likeness (QED) is 0.619. The molecule has 1 aliphatic rings. The van der Waals surface area contributed by atoms with Crippen molar-refractivity contribution in [1.82, 2.24) is 14.6 Å². The number of hydrogen-bond acceptors (Lipinski definition) is 5. The average Bonchev–Trinajstić information content (AvgIpc) is 3.07. The maximum Gasteiger partial charge on any atom is 0.315 e. The molecule has 7 nitrogen and oxygen atoms in total. The molecule has 2 aromatic rings. The van der Waals surface area contributed by atoms with Crippen molar-refractivity contribution in [1.29, 1.82) is 0 Å². The molecule has 1 amide bonds. The van der Waals surface area contributed by atoms with Gasteiger partial charge in [-0.05, 0) is 38.0 Å². The van der Waals surface area contributed by atoms with Crippen molar-refractivity contribution in [3.63, 3.8) is 0 Å². The van der Waals surface area contributed by atoms with Crippen LogP contribution < -0.4 is 4.72 Å². The van der Waals surface area contributed by atoms with Crippen molar-refractivity contribution in [2.24, 2.45) is 0 Å². The molecule has 0 bridgehead atoms. The third-order valence-corrected chi connectivity index (χ3v) is 6.85. The molecule has 1 aliphatic heterocycles. The summed E-state index contributed by atoms with van der Waals surface area (Å²) >= 11 is 0. The minimum absolute atomic E-state index is 0.0172. The van der Waals surface area contributed by atoms with E-state index in [9.17, 15) is 26.4 Å². The Morgan fingerprint density at radius 1 is 1.18 bits per heavy atom. The van der Waals surface area contributed by atoms with E-state index in [1.54, 1.807) is 49.5 Å². The number of sulfonamides is 1. The standard InChI is InChI=1S/C22H26F3N3O4S/c1-4-33(30,31)27-13-17-10-9-16(12-26-17)14-5-7-15(8-6-14)19-18(11-23)28(21(29)20(24)25)22(2,3)32-19/h5-10,12,18-20,27H,4,11,13H2,1-3H3/t18-,19-/m1/s1. The summed E-state index contributed by atoms with van der Waals surface area (Å²) in [7, 11) is -3.32. The fourth-order valence-electron chi connectivity index (χ4n) is 3.81. The molecule has 11 heteroatoms. The number of pyridine rings is 1. The zero-order valence-electron chi connectivity index (χ0n) is 18.5. The molecule has 0 saturated carbocycles. The highest BCUT2D eigenvalue weighted by Crippen LogP contribution is 2.42. The van der Waals surface area contributed by atoms with E-state index in [1.807, 2.05) is 0 Å². The normalized spacial score (nSPS) is 20.4. The van der Waals surface area contributed by atoms with Crippen molar-refractivity contribution < 1.29 is 31.1 Å². The van der Waals surface area contributed by atoms with Gasteiger partial charge in [-0.3, -0.25) is 9.78 Å². The van der Waals surface area contributed by atoms with Gasteiger partial charge in [0.05, 0.1) is 24.0 Å². The molecule has 3 rings (SSSR count). The molecule has 2 atom stereocenters. The minimum Gasteiger partial charge on any atom is -0.346 e. The molecule has 0 unspecified atom stereocenters. The van der Waals surface area contributed by atoms with Gasteiger partial charge in [0.1, 0.15) is 18.5 Å². The second-order valence-electron chi connectivity index (χ2n) is 8.10. The molecule has 2 heterocycles. The molecule has 180 valence electrons. The van der Waals surface area contributed by atoms with Crippen LogP contribution in [0.1, 0.15) is 38.1 Å². The summed E-state index contributed by atoms with van der Waals surface area (Å²) in [4.78, 5) is 17.0. The fourth-order valence-corrected chi connectivity index (χ4v) is 4.38. The predicted octanol–water partition coefficient (Wildman–Crippen LogP) is 3.43. The topological polar surface area (TPSA) is 88.6 Å². The number of halogens is 3. The van der Waals surface area contributed by atoms with Gasteiger partial charge in [0, 0.05) is 11.8 Å². The fraction of sp³-hybridized carbons (Fsp3) is 0.455. The van der Waals surface area contributed by atoms with Crippen LogP contribution in [0.25, 0.3) is 11.1 Å². The zero-order chi connectivity index (χ0) is 24.4. The van der Waals surface area contributed by atoms with Crippen LogP contribution in [0.3, 0.4) is 0 Å². The zero-order valence-corrected chi connectivity index (χ0v) is 19.3. The number of ether oxygens (including phenoxy) is 1. The number of hydrogen-bond donors (Lipinski definition) is 1. The Kier molecular flexibility index (Phi) is 7.45. The molecular formula is C22H26F3N3O4S.